The Balaban J connectivity index is 2.45. The molecule has 19 heavy (non-hydrogen) atoms. The van der Waals surface area contributed by atoms with Gasteiger partial charge < -0.3 is 11.1 Å². The Bertz CT molecular complexity index is 406. The molecule has 0 bridgehead atoms. The van der Waals surface area contributed by atoms with Crippen molar-refractivity contribution in [2.45, 2.75) is 39.7 Å². The molecule has 1 rings (SSSR count). The van der Waals surface area contributed by atoms with E-state index in [0.717, 1.165) is 15.6 Å². The maximum Gasteiger partial charge on any atom is 0.220 e. The van der Waals surface area contributed by atoms with Crippen molar-refractivity contribution in [1.82, 2.24) is 5.32 Å². The normalized spacial score (nSPS) is 14.4. The van der Waals surface area contributed by atoms with Crippen molar-refractivity contribution in [1.29, 1.82) is 0 Å². The second-order valence-corrected chi connectivity index (χ2v) is 7.11. The molecule has 2 atom stereocenters. The highest BCUT2D eigenvalue weighted by atomic mass is 35.5. The molecule has 1 heterocycles. The van der Waals surface area contributed by atoms with Crippen molar-refractivity contribution in [3.05, 3.63) is 21.3 Å². The Morgan fingerprint density at radius 3 is 2.58 bits per heavy atom. The number of halogens is 1. The molecule has 0 radical (unpaired) electrons. The molecule has 1 amide bonds. The molecule has 0 aromatic carbocycles. The molecular formula is C14H23ClN2OS. The van der Waals surface area contributed by atoms with Crippen LogP contribution in [0.5, 0.6) is 0 Å². The summed E-state index contributed by atoms with van der Waals surface area (Å²) in [6.07, 6.45) is 1.49. The Kier molecular flexibility index (Phi) is 6.83. The van der Waals surface area contributed by atoms with Gasteiger partial charge in [0, 0.05) is 11.3 Å². The number of hydrogen-bond acceptors (Lipinski definition) is 3. The van der Waals surface area contributed by atoms with Gasteiger partial charge in [-0.15, -0.1) is 11.3 Å². The van der Waals surface area contributed by atoms with Gasteiger partial charge in [-0.3, -0.25) is 4.79 Å². The highest BCUT2D eigenvalue weighted by Crippen LogP contribution is 2.26. The van der Waals surface area contributed by atoms with Crippen LogP contribution in [-0.4, -0.2) is 12.5 Å². The number of rotatable bonds is 7. The van der Waals surface area contributed by atoms with E-state index in [1.54, 1.807) is 0 Å². The second kappa shape index (κ2) is 7.88. The summed E-state index contributed by atoms with van der Waals surface area (Å²) in [6.45, 7) is 6.83. The van der Waals surface area contributed by atoms with Gasteiger partial charge in [0.15, 0.2) is 0 Å². The van der Waals surface area contributed by atoms with E-state index < -0.39 is 0 Å². The smallest absolute Gasteiger partial charge is 0.220 e. The van der Waals surface area contributed by atoms with Crippen LogP contribution in [0.3, 0.4) is 0 Å². The topological polar surface area (TPSA) is 55.1 Å². The predicted octanol–water partition coefficient (Wildman–Crippen LogP) is 3.59. The van der Waals surface area contributed by atoms with Gasteiger partial charge in [0.25, 0.3) is 0 Å². The number of nitrogens with two attached hydrogens (primary N) is 1. The zero-order chi connectivity index (χ0) is 14.4. The molecule has 0 aliphatic rings. The third-order valence-corrected chi connectivity index (χ3v) is 4.42. The Morgan fingerprint density at radius 1 is 1.42 bits per heavy atom. The number of nitrogens with one attached hydrogen (secondary N) is 1. The van der Waals surface area contributed by atoms with Gasteiger partial charge in [-0.25, -0.2) is 0 Å². The van der Waals surface area contributed by atoms with Crippen molar-refractivity contribution in [2.75, 3.05) is 6.54 Å². The molecule has 0 aliphatic heterocycles. The lowest BCUT2D eigenvalue weighted by Crippen LogP contribution is -2.30. The summed E-state index contributed by atoms with van der Waals surface area (Å²) < 4.78 is 0.746. The van der Waals surface area contributed by atoms with Crippen molar-refractivity contribution in [3.8, 4) is 0 Å². The van der Waals surface area contributed by atoms with E-state index in [9.17, 15) is 4.79 Å². The minimum atomic E-state index is 0.00229. The maximum atomic E-state index is 12.0. The summed E-state index contributed by atoms with van der Waals surface area (Å²) in [6, 6.07) is 3.81. The molecule has 0 saturated carbocycles. The highest BCUT2D eigenvalue weighted by Gasteiger charge is 2.16. The molecular weight excluding hydrogens is 280 g/mol. The van der Waals surface area contributed by atoms with E-state index in [1.807, 2.05) is 19.1 Å². The summed E-state index contributed by atoms with van der Waals surface area (Å²) in [5.41, 5.74) is 5.72. The lowest BCUT2D eigenvalue weighted by molar-refractivity contribution is -0.122. The first-order chi connectivity index (χ1) is 8.92. The van der Waals surface area contributed by atoms with E-state index in [0.29, 0.717) is 18.9 Å². The second-order valence-electron chi connectivity index (χ2n) is 5.37. The number of carbonyl (C=O) groups excluding carboxylic acids is 1. The van der Waals surface area contributed by atoms with E-state index in [-0.39, 0.29) is 17.9 Å². The standard InChI is InChI=1S/C14H23ClN2OS/c1-9(2)6-11(8-16)7-14(18)17-10(3)12-4-5-13(15)19-12/h4-5,9-11H,6-8,16H2,1-3H3,(H,17,18). The van der Waals surface area contributed by atoms with Crippen LogP contribution in [0.15, 0.2) is 12.1 Å². The van der Waals surface area contributed by atoms with Crippen LogP contribution in [-0.2, 0) is 4.79 Å². The minimum Gasteiger partial charge on any atom is -0.349 e. The average molecular weight is 303 g/mol. The molecule has 2 unspecified atom stereocenters. The lowest BCUT2D eigenvalue weighted by atomic mass is 9.94. The third kappa shape index (κ3) is 5.93. The molecule has 0 spiro atoms. The maximum absolute atomic E-state index is 12.0. The van der Waals surface area contributed by atoms with Gasteiger partial charge in [-0.05, 0) is 43.9 Å². The van der Waals surface area contributed by atoms with Gasteiger partial charge in [0.05, 0.1) is 10.4 Å². The molecule has 0 fully saturated rings. The summed E-state index contributed by atoms with van der Waals surface area (Å²) in [5, 5.41) is 3.00. The molecule has 5 heteroatoms. The van der Waals surface area contributed by atoms with Gasteiger partial charge in [0.1, 0.15) is 0 Å². The van der Waals surface area contributed by atoms with Gasteiger partial charge >= 0.3 is 0 Å². The van der Waals surface area contributed by atoms with Crippen LogP contribution in [0.1, 0.15) is 44.5 Å². The van der Waals surface area contributed by atoms with Crippen LogP contribution in [0, 0.1) is 11.8 Å². The van der Waals surface area contributed by atoms with Gasteiger partial charge in [-0.1, -0.05) is 25.4 Å². The largest absolute Gasteiger partial charge is 0.349 e. The van der Waals surface area contributed by atoms with Crippen molar-refractivity contribution in [3.63, 3.8) is 0 Å². The molecule has 108 valence electrons. The van der Waals surface area contributed by atoms with Crippen LogP contribution < -0.4 is 11.1 Å². The van der Waals surface area contributed by atoms with Gasteiger partial charge in [0.2, 0.25) is 5.91 Å². The number of thiophene rings is 1. The fourth-order valence-electron chi connectivity index (χ4n) is 2.12. The molecule has 3 N–H and O–H groups in total. The number of amides is 1. The molecule has 0 aliphatic carbocycles. The lowest BCUT2D eigenvalue weighted by Gasteiger charge is -2.18. The highest BCUT2D eigenvalue weighted by molar-refractivity contribution is 7.16. The number of carbonyl (C=O) groups is 1. The fourth-order valence-corrected chi connectivity index (χ4v) is 3.19. The number of hydrogen-bond donors (Lipinski definition) is 2. The Morgan fingerprint density at radius 2 is 2.11 bits per heavy atom. The van der Waals surface area contributed by atoms with Crippen LogP contribution in [0.25, 0.3) is 0 Å². The summed E-state index contributed by atoms with van der Waals surface area (Å²) in [5.74, 6) is 0.891. The monoisotopic (exact) mass is 302 g/mol. The zero-order valence-corrected chi connectivity index (χ0v) is 13.4. The quantitative estimate of drug-likeness (QED) is 0.808. The summed E-state index contributed by atoms with van der Waals surface area (Å²) in [4.78, 5) is 13.1. The van der Waals surface area contributed by atoms with Crippen molar-refractivity contribution >= 4 is 28.8 Å². The predicted molar refractivity (Wildman–Crippen MR) is 82.5 cm³/mol. The fraction of sp³-hybridized carbons (Fsp3) is 0.643. The van der Waals surface area contributed by atoms with E-state index in [2.05, 4.69) is 19.2 Å². The first-order valence-electron chi connectivity index (χ1n) is 6.67. The van der Waals surface area contributed by atoms with Gasteiger partial charge in [-0.2, -0.15) is 0 Å². The summed E-state index contributed by atoms with van der Waals surface area (Å²) >= 11 is 7.39. The Labute approximate surface area is 124 Å². The van der Waals surface area contributed by atoms with E-state index in [4.69, 9.17) is 17.3 Å². The molecule has 3 nitrogen and oxygen atoms in total. The van der Waals surface area contributed by atoms with Crippen LogP contribution in [0.2, 0.25) is 4.34 Å². The van der Waals surface area contributed by atoms with Crippen LogP contribution in [0.4, 0.5) is 0 Å². The molecule has 1 aromatic heterocycles. The van der Waals surface area contributed by atoms with Crippen molar-refractivity contribution in [2.24, 2.45) is 17.6 Å². The molecule has 0 saturated heterocycles. The average Bonchev–Trinajstić information content (AvgIpc) is 2.74. The SMILES string of the molecule is CC(C)CC(CN)CC(=O)NC(C)c1ccc(Cl)s1. The third-order valence-electron chi connectivity index (χ3n) is 3.01. The minimum absolute atomic E-state index is 0.00229. The van der Waals surface area contributed by atoms with Crippen LogP contribution >= 0.6 is 22.9 Å². The van der Waals surface area contributed by atoms with Crippen molar-refractivity contribution < 1.29 is 4.79 Å². The van der Waals surface area contributed by atoms with E-state index in [1.165, 1.54) is 11.3 Å². The zero-order valence-electron chi connectivity index (χ0n) is 11.8. The first-order valence-corrected chi connectivity index (χ1v) is 7.86. The summed E-state index contributed by atoms with van der Waals surface area (Å²) in [7, 11) is 0. The molecule has 1 aromatic rings. The van der Waals surface area contributed by atoms with E-state index >= 15 is 0 Å². The Hall–Kier alpha value is -0.580. The first kappa shape index (κ1) is 16.5.